The number of aromatic nitrogens is 2. The number of hydrogen-bond acceptors (Lipinski definition) is 4. The van der Waals surface area contributed by atoms with Crippen LogP contribution in [-0.4, -0.2) is 40.6 Å². The van der Waals surface area contributed by atoms with E-state index in [1.54, 1.807) is 57.4 Å². The van der Waals surface area contributed by atoms with Crippen molar-refractivity contribution in [2.45, 2.75) is 13.5 Å². The van der Waals surface area contributed by atoms with Gasteiger partial charge in [0.1, 0.15) is 6.54 Å². The van der Waals surface area contributed by atoms with Crippen molar-refractivity contribution in [3.05, 3.63) is 70.1 Å². The quantitative estimate of drug-likeness (QED) is 0.768. The zero-order valence-electron chi connectivity index (χ0n) is 15.4. The molecule has 1 N–H and O–H groups in total. The lowest BCUT2D eigenvalue weighted by Gasteiger charge is -2.12. The van der Waals surface area contributed by atoms with Crippen LogP contribution in [0.15, 0.2) is 53.3 Å². The molecule has 0 atom stereocenters. The molecule has 0 unspecified atom stereocenters. The van der Waals surface area contributed by atoms with Gasteiger partial charge in [-0.05, 0) is 31.2 Å². The van der Waals surface area contributed by atoms with E-state index in [1.165, 1.54) is 4.90 Å². The number of benzene rings is 2. The first-order chi connectivity index (χ1) is 12.9. The van der Waals surface area contributed by atoms with E-state index in [0.29, 0.717) is 22.3 Å². The first-order valence-corrected chi connectivity index (χ1v) is 8.45. The van der Waals surface area contributed by atoms with Crippen molar-refractivity contribution < 1.29 is 9.59 Å². The molecule has 1 aromatic heterocycles. The normalized spacial score (nSPS) is 10.6. The molecule has 7 heteroatoms. The van der Waals surface area contributed by atoms with E-state index in [1.807, 2.05) is 12.1 Å². The number of anilines is 1. The minimum atomic E-state index is -0.395. The summed E-state index contributed by atoms with van der Waals surface area (Å²) in [6.45, 7) is 1.59. The number of hydrogen-bond donors (Lipinski definition) is 1. The summed E-state index contributed by atoms with van der Waals surface area (Å²) in [5, 5.41) is 8.24. The van der Waals surface area contributed by atoms with Crippen LogP contribution in [0.2, 0.25) is 0 Å². The van der Waals surface area contributed by atoms with Crippen molar-refractivity contribution in [1.82, 2.24) is 14.7 Å². The highest BCUT2D eigenvalue weighted by molar-refractivity contribution is 5.97. The van der Waals surface area contributed by atoms with Gasteiger partial charge in [0, 0.05) is 30.7 Å². The highest BCUT2D eigenvalue weighted by atomic mass is 16.2. The summed E-state index contributed by atoms with van der Waals surface area (Å²) in [6.07, 6.45) is 0. The van der Waals surface area contributed by atoms with Crippen LogP contribution < -0.4 is 10.9 Å². The van der Waals surface area contributed by atoms with Gasteiger partial charge in [0.15, 0.2) is 0 Å². The summed E-state index contributed by atoms with van der Waals surface area (Å²) < 4.78 is 1.15. The van der Waals surface area contributed by atoms with Crippen molar-refractivity contribution in [3.63, 3.8) is 0 Å². The van der Waals surface area contributed by atoms with Crippen LogP contribution in [0.4, 0.5) is 5.69 Å². The zero-order chi connectivity index (χ0) is 19.6. The summed E-state index contributed by atoms with van der Waals surface area (Å²) in [5.41, 5.74) is 1.31. The zero-order valence-corrected chi connectivity index (χ0v) is 15.4. The van der Waals surface area contributed by atoms with Gasteiger partial charge in [-0.15, -0.1) is 0 Å². The van der Waals surface area contributed by atoms with Gasteiger partial charge in [-0.1, -0.05) is 24.3 Å². The molecule has 0 aliphatic heterocycles. The van der Waals surface area contributed by atoms with Crippen molar-refractivity contribution in [1.29, 1.82) is 0 Å². The maximum Gasteiger partial charge on any atom is 0.275 e. The largest absolute Gasteiger partial charge is 0.345 e. The van der Waals surface area contributed by atoms with Crippen molar-refractivity contribution in [2.75, 3.05) is 19.4 Å². The van der Waals surface area contributed by atoms with Crippen LogP contribution in [0.25, 0.3) is 10.8 Å². The van der Waals surface area contributed by atoms with E-state index in [4.69, 9.17) is 0 Å². The Morgan fingerprint density at radius 2 is 1.78 bits per heavy atom. The molecule has 2 amide bonds. The van der Waals surface area contributed by atoms with Crippen LogP contribution >= 0.6 is 0 Å². The Morgan fingerprint density at radius 1 is 1.07 bits per heavy atom. The van der Waals surface area contributed by atoms with Gasteiger partial charge in [0.2, 0.25) is 5.91 Å². The topological polar surface area (TPSA) is 84.3 Å². The molecule has 27 heavy (non-hydrogen) atoms. The molecule has 0 bridgehead atoms. The molecule has 3 rings (SSSR count). The minimum absolute atomic E-state index is 0.158. The molecule has 0 aliphatic carbocycles. The van der Waals surface area contributed by atoms with Gasteiger partial charge in [-0.2, -0.15) is 5.10 Å². The van der Waals surface area contributed by atoms with Crippen LogP contribution in [0.1, 0.15) is 16.1 Å². The van der Waals surface area contributed by atoms with Gasteiger partial charge < -0.3 is 10.2 Å². The van der Waals surface area contributed by atoms with Gasteiger partial charge in [0.05, 0.1) is 11.1 Å². The summed E-state index contributed by atoms with van der Waals surface area (Å²) >= 11 is 0. The summed E-state index contributed by atoms with van der Waals surface area (Å²) in [4.78, 5) is 38.4. The Kier molecular flexibility index (Phi) is 5.03. The van der Waals surface area contributed by atoms with E-state index < -0.39 is 5.91 Å². The Labute approximate surface area is 156 Å². The third-order valence-corrected chi connectivity index (χ3v) is 4.15. The predicted octanol–water partition coefficient (Wildman–Crippen LogP) is 2.05. The van der Waals surface area contributed by atoms with Crippen LogP contribution in [0, 0.1) is 6.92 Å². The third kappa shape index (κ3) is 3.87. The van der Waals surface area contributed by atoms with E-state index >= 15 is 0 Å². The lowest BCUT2D eigenvalue weighted by Crippen LogP contribution is -2.30. The Hall–Kier alpha value is -3.48. The Morgan fingerprint density at radius 3 is 2.48 bits per heavy atom. The molecule has 0 spiro atoms. The first kappa shape index (κ1) is 18.3. The number of rotatable bonds is 4. The predicted molar refractivity (Wildman–Crippen MR) is 104 cm³/mol. The van der Waals surface area contributed by atoms with E-state index in [0.717, 1.165) is 10.1 Å². The van der Waals surface area contributed by atoms with Crippen molar-refractivity contribution in [2.24, 2.45) is 0 Å². The smallest absolute Gasteiger partial charge is 0.275 e. The molecular weight excluding hydrogens is 344 g/mol. The molecule has 0 radical (unpaired) electrons. The maximum absolute atomic E-state index is 12.6. The number of nitrogens with one attached hydrogen (secondary N) is 1. The Balaban J connectivity index is 1.82. The molecule has 0 aliphatic rings. The van der Waals surface area contributed by atoms with Crippen LogP contribution in [-0.2, 0) is 11.3 Å². The highest BCUT2D eigenvalue weighted by Crippen LogP contribution is 2.13. The number of carbonyl (C=O) groups is 2. The van der Waals surface area contributed by atoms with Gasteiger partial charge >= 0.3 is 0 Å². The number of aryl methyl sites for hydroxylation is 1. The minimum Gasteiger partial charge on any atom is -0.345 e. The second-order valence-corrected chi connectivity index (χ2v) is 6.42. The lowest BCUT2D eigenvalue weighted by molar-refractivity contribution is -0.117. The number of nitrogens with zero attached hydrogens (tertiary/aromatic N) is 3. The Bertz CT molecular complexity index is 1090. The van der Waals surface area contributed by atoms with Crippen LogP contribution in [0.5, 0.6) is 0 Å². The summed E-state index contributed by atoms with van der Waals surface area (Å²) in [5.74, 6) is -0.553. The maximum atomic E-state index is 12.6. The molecule has 0 saturated carbocycles. The second kappa shape index (κ2) is 7.41. The molecule has 0 saturated heterocycles. The molecule has 138 valence electrons. The van der Waals surface area contributed by atoms with Gasteiger partial charge in [0.25, 0.3) is 11.5 Å². The molecule has 2 aromatic carbocycles. The van der Waals surface area contributed by atoms with E-state index in [9.17, 15) is 14.4 Å². The standard InChI is InChI=1S/C20H20N4O3/c1-13-16-9-4-5-10-17(16)20(27)24(22-13)12-18(25)21-15-8-6-7-14(11-15)19(26)23(2)3/h4-11H,12H2,1-3H3,(H,21,25). The summed E-state index contributed by atoms with van der Waals surface area (Å²) in [7, 11) is 3.32. The molecule has 1 heterocycles. The molecule has 7 nitrogen and oxygen atoms in total. The average molecular weight is 364 g/mol. The fraction of sp³-hybridized carbons (Fsp3) is 0.200. The monoisotopic (exact) mass is 364 g/mol. The van der Waals surface area contributed by atoms with Crippen molar-refractivity contribution >= 4 is 28.3 Å². The first-order valence-electron chi connectivity index (χ1n) is 8.45. The van der Waals surface area contributed by atoms with Gasteiger partial charge in [-0.3, -0.25) is 14.4 Å². The van der Waals surface area contributed by atoms with E-state index in [2.05, 4.69) is 10.4 Å². The fourth-order valence-corrected chi connectivity index (χ4v) is 2.84. The lowest BCUT2D eigenvalue weighted by atomic mass is 10.1. The number of carbonyl (C=O) groups excluding carboxylic acids is 2. The van der Waals surface area contributed by atoms with Gasteiger partial charge in [-0.25, -0.2) is 4.68 Å². The van der Waals surface area contributed by atoms with E-state index in [-0.39, 0.29) is 18.0 Å². The molecule has 0 fully saturated rings. The second-order valence-electron chi connectivity index (χ2n) is 6.42. The van der Waals surface area contributed by atoms with Crippen molar-refractivity contribution in [3.8, 4) is 0 Å². The average Bonchev–Trinajstić information content (AvgIpc) is 2.65. The SMILES string of the molecule is Cc1nn(CC(=O)Nc2cccc(C(=O)N(C)C)c2)c(=O)c2ccccc12. The third-order valence-electron chi connectivity index (χ3n) is 4.15. The number of amides is 2. The fourth-order valence-electron chi connectivity index (χ4n) is 2.84. The molecule has 3 aromatic rings. The number of fused-ring (bicyclic) bond motifs is 1. The summed E-state index contributed by atoms with van der Waals surface area (Å²) in [6, 6.07) is 13.8. The van der Waals surface area contributed by atoms with Crippen LogP contribution in [0.3, 0.4) is 0 Å². The molecular formula is C20H20N4O3. The highest BCUT2D eigenvalue weighted by Gasteiger charge is 2.12.